The third kappa shape index (κ3) is 8.57. The molecule has 0 atom stereocenters. The predicted octanol–water partition coefficient (Wildman–Crippen LogP) is 18.2. The van der Waals surface area contributed by atoms with Gasteiger partial charge in [0.25, 0.3) is 0 Å². The summed E-state index contributed by atoms with van der Waals surface area (Å²) >= 11 is 0. The molecule has 2 nitrogen and oxygen atoms in total. The number of rotatable bonds is 12. The average molecular weight is 867 g/mol. The maximum atomic E-state index is 3.30. The van der Waals surface area contributed by atoms with E-state index in [0.717, 1.165) is 73.1 Å². The molecule has 0 unspecified atom stereocenters. The molecular weight excluding hydrogens is 821 g/mol. The fourth-order valence-electron chi connectivity index (χ4n) is 9.24. The van der Waals surface area contributed by atoms with Gasteiger partial charge in [-0.25, -0.2) is 0 Å². The molecule has 0 aliphatic heterocycles. The van der Waals surface area contributed by atoms with Gasteiger partial charge in [-0.05, 0) is 134 Å². The number of para-hydroxylation sites is 2. The Balaban J connectivity index is 1.14. The zero-order valence-electron chi connectivity index (χ0n) is 37.5. The molecule has 0 N–H and O–H groups in total. The minimum absolute atomic E-state index is 1.00. The first-order chi connectivity index (χ1) is 33.7. The molecule has 11 aromatic carbocycles. The van der Waals surface area contributed by atoms with E-state index in [0.29, 0.717) is 0 Å². The fourth-order valence-corrected chi connectivity index (χ4v) is 9.24. The van der Waals surface area contributed by atoms with Gasteiger partial charge in [0.1, 0.15) is 0 Å². The smallest absolute Gasteiger partial charge is 0.0702 e. The molecule has 0 aliphatic carbocycles. The first kappa shape index (κ1) is 41.5. The summed E-state index contributed by atoms with van der Waals surface area (Å²) < 4.78 is 0. The molecule has 320 valence electrons. The van der Waals surface area contributed by atoms with Crippen LogP contribution in [0.3, 0.4) is 0 Å². The van der Waals surface area contributed by atoms with Crippen LogP contribution in [0.2, 0.25) is 0 Å². The van der Waals surface area contributed by atoms with Crippen molar-refractivity contribution in [3.63, 3.8) is 0 Å². The lowest BCUT2D eigenvalue weighted by atomic mass is 9.93. The van der Waals surface area contributed by atoms with Crippen LogP contribution in [0.5, 0.6) is 0 Å². The van der Waals surface area contributed by atoms with Gasteiger partial charge in [0.2, 0.25) is 0 Å². The van der Waals surface area contributed by atoms with Gasteiger partial charge < -0.3 is 9.80 Å². The van der Waals surface area contributed by atoms with Gasteiger partial charge in [-0.2, -0.15) is 0 Å². The Morgan fingerprint density at radius 1 is 0.235 bits per heavy atom. The Kier molecular flexibility index (Phi) is 11.7. The zero-order chi connectivity index (χ0) is 45.5. The fraction of sp³-hybridized carbons (Fsp3) is 0. The molecule has 0 amide bonds. The summed E-state index contributed by atoms with van der Waals surface area (Å²) in [6, 6.07) is 106. The van der Waals surface area contributed by atoms with E-state index in [-0.39, 0.29) is 0 Å². The highest BCUT2D eigenvalue weighted by Crippen LogP contribution is 2.49. The van der Waals surface area contributed by atoms with Crippen molar-refractivity contribution in [3.05, 3.63) is 291 Å². The van der Waals surface area contributed by atoms with Gasteiger partial charge in [-0.1, -0.05) is 218 Å². The highest BCUT2D eigenvalue weighted by atomic mass is 15.2. The zero-order valence-corrected chi connectivity index (χ0v) is 37.5. The molecule has 0 aromatic heterocycles. The van der Waals surface area contributed by atoms with Crippen molar-refractivity contribution in [2.45, 2.75) is 0 Å². The van der Waals surface area contributed by atoms with E-state index < -0.39 is 0 Å². The highest BCUT2D eigenvalue weighted by molar-refractivity contribution is 5.96. The van der Waals surface area contributed by atoms with Crippen LogP contribution in [0.15, 0.2) is 279 Å². The van der Waals surface area contributed by atoms with Crippen molar-refractivity contribution in [2.75, 3.05) is 9.80 Å². The van der Waals surface area contributed by atoms with Crippen LogP contribution in [0, 0.1) is 12.1 Å². The van der Waals surface area contributed by atoms with Gasteiger partial charge in [0, 0.05) is 28.3 Å². The quantitative estimate of drug-likeness (QED) is 0.121. The van der Waals surface area contributed by atoms with Gasteiger partial charge in [-0.15, -0.1) is 0 Å². The number of hydrogen-bond acceptors (Lipinski definition) is 2. The Labute approximate surface area is 400 Å². The van der Waals surface area contributed by atoms with E-state index in [4.69, 9.17) is 0 Å². The average Bonchev–Trinajstić information content (AvgIpc) is 3.43. The molecule has 2 heteroatoms. The summed E-state index contributed by atoms with van der Waals surface area (Å²) in [7, 11) is 0. The minimum Gasteiger partial charge on any atom is -0.308 e. The lowest BCUT2D eigenvalue weighted by Gasteiger charge is -2.34. The third-order valence-electron chi connectivity index (χ3n) is 12.5. The molecule has 0 saturated heterocycles. The summed E-state index contributed by atoms with van der Waals surface area (Å²) in [5.74, 6) is 0. The second-order valence-electron chi connectivity index (χ2n) is 16.8. The molecule has 0 bridgehead atoms. The Morgan fingerprint density at radius 3 is 0.971 bits per heavy atom. The summed E-state index contributed by atoms with van der Waals surface area (Å²) in [6.07, 6.45) is 0. The first-order valence-corrected chi connectivity index (χ1v) is 23.1. The molecular formula is C66H46N2. The van der Waals surface area contributed by atoms with Crippen LogP contribution >= 0.6 is 0 Å². The van der Waals surface area contributed by atoms with Gasteiger partial charge >= 0.3 is 0 Å². The third-order valence-corrected chi connectivity index (χ3v) is 12.5. The molecule has 0 aliphatic rings. The van der Waals surface area contributed by atoms with Crippen LogP contribution < -0.4 is 9.80 Å². The Hall–Kier alpha value is -9.16. The maximum Gasteiger partial charge on any atom is 0.0702 e. The Bertz CT molecular complexity index is 3160. The molecule has 0 radical (unpaired) electrons. The second kappa shape index (κ2) is 19.1. The van der Waals surface area contributed by atoms with Crippen molar-refractivity contribution in [2.24, 2.45) is 0 Å². The molecule has 0 spiro atoms. The largest absolute Gasteiger partial charge is 0.308 e. The van der Waals surface area contributed by atoms with Crippen molar-refractivity contribution >= 4 is 34.1 Å². The molecule has 68 heavy (non-hydrogen) atoms. The molecule has 11 aromatic rings. The monoisotopic (exact) mass is 866 g/mol. The number of nitrogens with zero attached hydrogens (tertiary/aromatic N) is 2. The summed E-state index contributed by atoms with van der Waals surface area (Å²) in [5.41, 5.74) is 19.9. The standard InChI is InChI=1S/C66H46N2/c1-7-21-49(22-8-1)51-35-39-57(40-36-51)67(59-43-45-61(53-25-11-3-12-26-53)63(47-59)55-29-15-5-16-30-55)65-33-19-20-34-66(65)68(58-41-37-52(38-42-58)50-23-9-2-10-24-50)60-44-46-62(54-27-13-4-14-28-54)64(48-60)56-31-17-6-18-32-56/h1-9,11-23,25-48H. The highest BCUT2D eigenvalue weighted by Gasteiger charge is 2.24. The van der Waals surface area contributed by atoms with E-state index in [1.54, 1.807) is 0 Å². The van der Waals surface area contributed by atoms with Crippen LogP contribution in [-0.4, -0.2) is 0 Å². The SMILES string of the molecule is c1cccc(-c2ccc(N(c3ccc(-c4ccccc4)c(-c4ccccc4)c3)c3ccccc3N(c3ccc(-c4ccccc4)cc3)c3ccc(-c4ccccc4)c(-c4ccccc4)c3)cc2)c#1. The van der Waals surface area contributed by atoms with Crippen LogP contribution in [-0.2, 0) is 0 Å². The van der Waals surface area contributed by atoms with Crippen molar-refractivity contribution in [3.8, 4) is 66.8 Å². The van der Waals surface area contributed by atoms with Gasteiger partial charge in [-0.3, -0.25) is 0 Å². The molecule has 0 saturated carbocycles. The number of anilines is 6. The molecule has 0 fully saturated rings. The first-order valence-electron chi connectivity index (χ1n) is 23.1. The lowest BCUT2D eigenvalue weighted by molar-refractivity contribution is 1.23. The molecule has 0 heterocycles. The lowest BCUT2D eigenvalue weighted by Crippen LogP contribution is -2.17. The predicted molar refractivity (Wildman–Crippen MR) is 286 cm³/mol. The maximum absolute atomic E-state index is 3.30. The summed E-state index contributed by atoms with van der Waals surface area (Å²) in [5, 5.41) is 0. The van der Waals surface area contributed by atoms with E-state index in [1.165, 1.54) is 27.8 Å². The van der Waals surface area contributed by atoms with E-state index in [2.05, 4.69) is 289 Å². The van der Waals surface area contributed by atoms with Gasteiger partial charge in [0.15, 0.2) is 0 Å². The van der Waals surface area contributed by atoms with Crippen molar-refractivity contribution in [1.29, 1.82) is 0 Å². The van der Waals surface area contributed by atoms with Crippen LogP contribution in [0.1, 0.15) is 0 Å². The van der Waals surface area contributed by atoms with Crippen LogP contribution in [0.4, 0.5) is 34.1 Å². The molecule has 11 rings (SSSR count). The van der Waals surface area contributed by atoms with E-state index in [9.17, 15) is 0 Å². The normalized spacial score (nSPS) is 10.8. The topological polar surface area (TPSA) is 6.48 Å². The van der Waals surface area contributed by atoms with E-state index in [1.807, 2.05) is 12.1 Å². The minimum atomic E-state index is 1.00. The summed E-state index contributed by atoms with van der Waals surface area (Å²) in [4.78, 5) is 4.82. The van der Waals surface area contributed by atoms with Crippen molar-refractivity contribution in [1.82, 2.24) is 0 Å². The number of hydrogen-bond donors (Lipinski definition) is 0. The van der Waals surface area contributed by atoms with Crippen molar-refractivity contribution < 1.29 is 0 Å². The summed E-state index contributed by atoms with van der Waals surface area (Å²) in [6.45, 7) is 0. The van der Waals surface area contributed by atoms with Gasteiger partial charge in [0.05, 0.1) is 11.4 Å². The number of benzene rings is 10. The Morgan fingerprint density at radius 2 is 0.574 bits per heavy atom. The second-order valence-corrected chi connectivity index (χ2v) is 16.8. The van der Waals surface area contributed by atoms with Crippen LogP contribution in [0.25, 0.3) is 66.8 Å². The van der Waals surface area contributed by atoms with E-state index >= 15 is 0 Å².